The molecule has 1 saturated heterocycles. The fraction of sp³-hybridized carbons (Fsp3) is 0.154. The van der Waals surface area contributed by atoms with Crippen molar-refractivity contribution < 1.29 is 14.3 Å². The van der Waals surface area contributed by atoms with Gasteiger partial charge >= 0.3 is 0 Å². The number of halogens is 2. The van der Waals surface area contributed by atoms with Gasteiger partial charge in [0, 0.05) is 43.3 Å². The van der Waals surface area contributed by atoms with Gasteiger partial charge in [0.05, 0.1) is 5.02 Å². The Hall–Kier alpha value is -4.24. The lowest BCUT2D eigenvalue weighted by Gasteiger charge is -2.35. The minimum atomic E-state index is -0.579. The van der Waals surface area contributed by atoms with E-state index in [1.807, 2.05) is 29.2 Å². The molecular weight excluding hydrogens is 483 g/mol. The fourth-order valence-electron chi connectivity index (χ4n) is 4.78. The van der Waals surface area contributed by atoms with E-state index in [-0.39, 0.29) is 27.8 Å². The molecule has 0 spiro atoms. The Morgan fingerprint density at radius 3 is 2.61 bits per heavy atom. The lowest BCUT2D eigenvalue weighted by molar-refractivity contribution is 0.0740. The van der Waals surface area contributed by atoms with E-state index in [2.05, 4.69) is 20.2 Å². The normalized spacial score (nSPS) is 14.1. The van der Waals surface area contributed by atoms with E-state index in [0.717, 1.165) is 10.8 Å². The second-order valence-electron chi connectivity index (χ2n) is 8.60. The van der Waals surface area contributed by atoms with Crippen molar-refractivity contribution >= 4 is 45.0 Å². The zero-order valence-corrected chi connectivity index (χ0v) is 19.7. The number of benzene rings is 3. The zero-order valence-electron chi connectivity index (χ0n) is 18.9. The Balaban J connectivity index is 1.38. The second kappa shape index (κ2) is 8.76. The minimum absolute atomic E-state index is 0.0187. The molecule has 2 N–H and O–H groups in total. The van der Waals surface area contributed by atoms with Gasteiger partial charge in [-0.15, -0.1) is 0 Å². The number of piperazine rings is 1. The molecule has 0 saturated carbocycles. The average Bonchev–Trinajstić information content (AvgIpc) is 3.43. The molecular formula is C26H20ClFN6O2. The molecule has 6 rings (SSSR count). The number of anilines is 1. The van der Waals surface area contributed by atoms with E-state index in [9.17, 15) is 9.90 Å². The number of phenolic OH excluding ortho intramolecular Hbond substituents is 1. The van der Waals surface area contributed by atoms with E-state index in [0.29, 0.717) is 48.6 Å². The predicted octanol–water partition coefficient (Wildman–Crippen LogP) is 4.63. The number of H-pyrrole nitrogens is 1. The summed E-state index contributed by atoms with van der Waals surface area (Å²) in [6.45, 7) is 1.99. The maximum Gasteiger partial charge on any atom is 0.271 e. The molecule has 36 heavy (non-hydrogen) atoms. The highest BCUT2D eigenvalue weighted by Crippen LogP contribution is 2.41. The van der Waals surface area contributed by atoms with E-state index >= 15 is 4.39 Å². The van der Waals surface area contributed by atoms with Crippen molar-refractivity contribution in [1.82, 2.24) is 25.1 Å². The van der Waals surface area contributed by atoms with Crippen LogP contribution in [0.4, 0.5) is 10.2 Å². The van der Waals surface area contributed by atoms with Gasteiger partial charge < -0.3 is 14.9 Å². The number of rotatable bonds is 3. The minimum Gasteiger partial charge on any atom is -0.508 e. The largest absolute Gasteiger partial charge is 0.508 e. The average molecular weight is 503 g/mol. The Labute approximate surface area is 210 Å². The smallest absolute Gasteiger partial charge is 0.271 e. The molecule has 180 valence electrons. The summed E-state index contributed by atoms with van der Waals surface area (Å²) >= 11 is 6.67. The first kappa shape index (κ1) is 22.2. The van der Waals surface area contributed by atoms with Crippen LogP contribution >= 0.6 is 11.6 Å². The number of carbonyl (C=O) groups excluding carboxylic acids is 1. The summed E-state index contributed by atoms with van der Waals surface area (Å²) in [5.41, 5.74) is 1.25. The van der Waals surface area contributed by atoms with Crippen molar-refractivity contribution in [2.24, 2.45) is 0 Å². The lowest BCUT2D eigenvalue weighted by Crippen LogP contribution is -2.49. The molecule has 0 bridgehead atoms. The van der Waals surface area contributed by atoms with Crippen LogP contribution in [0.2, 0.25) is 5.02 Å². The molecule has 0 atom stereocenters. The van der Waals surface area contributed by atoms with Crippen molar-refractivity contribution in [3.63, 3.8) is 0 Å². The highest BCUT2D eigenvalue weighted by molar-refractivity contribution is 6.35. The molecule has 1 amide bonds. The summed E-state index contributed by atoms with van der Waals surface area (Å²) in [7, 11) is 0. The van der Waals surface area contributed by atoms with Gasteiger partial charge in [-0.3, -0.25) is 9.89 Å². The fourth-order valence-corrected chi connectivity index (χ4v) is 5.08. The van der Waals surface area contributed by atoms with E-state index < -0.39 is 5.82 Å². The van der Waals surface area contributed by atoms with Gasteiger partial charge in [-0.25, -0.2) is 14.4 Å². The van der Waals surface area contributed by atoms with Crippen LogP contribution in [0.3, 0.4) is 0 Å². The predicted molar refractivity (Wildman–Crippen MR) is 136 cm³/mol. The van der Waals surface area contributed by atoms with Crippen molar-refractivity contribution in [3.8, 4) is 16.9 Å². The van der Waals surface area contributed by atoms with Crippen LogP contribution in [0.1, 0.15) is 10.5 Å². The Kier molecular flexibility index (Phi) is 5.41. The number of aromatic nitrogens is 4. The van der Waals surface area contributed by atoms with Crippen LogP contribution < -0.4 is 4.90 Å². The Morgan fingerprint density at radius 1 is 1.03 bits per heavy atom. The maximum absolute atomic E-state index is 16.0. The van der Waals surface area contributed by atoms with Crippen molar-refractivity contribution in [2.45, 2.75) is 0 Å². The summed E-state index contributed by atoms with van der Waals surface area (Å²) < 4.78 is 16.0. The van der Waals surface area contributed by atoms with E-state index in [4.69, 9.17) is 11.6 Å². The number of fused-ring (bicyclic) bond motifs is 2. The highest BCUT2D eigenvalue weighted by atomic mass is 35.5. The topological polar surface area (TPSA) is 98.2 Å². The van der Waals surface area contributed by atoms with Gasteiger partial charge in [0.15, 0.2) is 5.82 Å². The molecule has 0 unspecified atom stereocenters. The van der Waals surface area contributed by atoms with Gasteiger partial charge in [-0.2, -0.15) is 5.10 Å². The molecule has 10 heteroatoms. The van der Waals surface area contributed by atoms with Crippen molar-refractivity contribution in [2.75, 3.05) is 31.1 Å². The molecule has 3 heterocycles. The first-order valence-electron chi connectivity index (χ1n) is 11.4. The van der Waals surface area contributed by atoms with Gasteiger partial charge in [0.25, 0.3) is 5.91 Å². The third-order valence-electron chi connectivity index (χ3n) is 6.51. The van der Waals surface area contributed by atoms with E-state index in [1.54, 1.807) is 29.3 Å². The number of nitrogens with one attached hydrogen (secondary N) is 1. The number of amides is 1. The van der Waals surface area contributed by atoms with Crippen LogP contribution in [0, 0.1) is 5.82 Å². The van der Waals surface area contributed by atoms with Gasteiger partial charge in [-0.05, 0) is 40.6 Å². The van der Waals surface area contributed by atoms with Crippen LogP contribution in [0.5, 0.6) is 5.75 Å². The first-order chi connectivity index (χ1) is 17.5. The van der Waals surface area contributed by atoms with E-state index in [1.165, 1.54) is 12.4 Å². The van der Waals surface area contributed by atoms with Crippen molar-refractivity contribution in [3.05, 3.63) is 77.6 Å². The number of hydrogen-bond acceptors (Lipinski definition) is 6. The number of aromatic amines is 1. The summed E-state index contributed by atoms with van der Waals surface area (Å²) in [6.07, 6.45) is 2.88. The molecule has 0 radical (unpaired) electrons. The van der Waals surface area contributed by atoms with Crippen LogP contribution in [0.25, 0.3) is 32.8 Å². The number of aromatic hydroxyl groups is 1. The summed E-state index contributed by atoms with van der Waals surface area (Å²) in [5, 5.41) is 19.0. The quantitative estimate of drug-likeness (QED) is 0.373. The lowest BCUT2D eigenvalue weighted by atomic mass is 9.96. The monoisotopic (exact) mass is 502 g/mol. The third-order valence-corrected chi connectivity index (χ3v) is 6.81. The summed E-state index contributed by atoms with van der Waals surface area (Å²) in [4.78, 5) is 25.0. The number of nitrogens with zero attached hydrogens (tertiary/aromatic N) is 5. The SMILES string of the molecule is O=C(c1ccn[nH]1)N1CCN(c2ncnc3c(F)c(-c4cc(O)cc5ccccc45)c(Cl)cc23)CC1. The zero-order chi connectivity index (χ0) is 24.8. The number of hydrogen-bond donors (Lipinski definition) is 2. The molecule has 1 fully saturated rings. The molecule has 0 aliphatic carbocycles. The van der Waals surface area contributed by atoms with Crippen LogP contribution in [-0.4, -0.2) is 62.3 Å². The second-order valence-corrected chi connectivity index (χ2v) is 9.01. The maximum atomic E-state index is 16.0. The van der Waals surface area contributed by atoms with Gasteiger partial charge in [0.1, 0.15) is 29.1 Å². The van der Waals surface area contributed by atoms with Crippen LogP contribution in [0.15, 0.2) is 61.1 Å². The third kappa shape index (κ3) is 3.68. The molecule has 2 aromatic heterocycles. The number of phenols is 1. The molecule has 3 aromatic carbocycles. The highest BCUT2D eigenvalue weighted by Gasteiger charge is 2.26. The Morgan fingerprint density at radius 2 is 1.83 bits per heavy atom. The molecule has 8 nitrogen and oxygen atoms in total. The van der Waals surface area contributed by atoms with Crippen LogP contribution in [-0.2, 0) is 0 Å². The van der Waals surface area contributed by atoms with Gasteiger partial charge in [0.2, 0.25) is 0 Å². The Bertz CT molecular complexity index is 1620. The summed E-state index contributed by atoms with van der Waals surface area (Å²) in [6, 6.07) is 13.9. The summed E-state index contributed by atoms with van der Waals surface area (Å²) in [5.74, 6) is -0.117. The standard InChI is InChI=1S/C26H20ClFN6O2/c27-20-13-19-24(23(28)22(20)18-12-16(35)11-15-3-1-2-4-17(15)18)29-14-30-25(19)33-7-9-34(10-8-33)26(36)21-5-6-31-32-21/h1-6,11-14,35H,7-10H2,(H,31,32). The molecule has 1 aliphatic rings. The molecule has 5 aromatic rings. The first-order valence-corrected chi connectivity index (χ1v) is 11.8. The number of carbonyl (C=O) groups is 1. The van der Waals surface area contributed by atoms with Gasteiger partial charge in [-0.1, -0.05) is 35.9 Å². The molecule has 1 aliphatic heterocycles. The van der Waals surface area contributed by atoms with Crippen molar-refractivity contribution in [1.29, 1.82) is 0 Å².